The molecule has 0 saturated heterocycles. The van der Waals surface area contributed by atoms with Gasteiger partial charge in [-0.1, -0.05) is 22.6 Å². The van der Waals surface area contributed by atoms with Gasteiger partial charge in [0.1, 0.15) is 0 Å². The van der Waals surface area contributed by atoms with E-state index in [0.717, 1.165) is 0 Å². The predicted molar refractivity (Wildman–Crippen MR) is 143 cm³/mol. The van der Waals surface area contributed by atoms with Crippen molar-refractivity contribution in [2.75, 3.05) is 0 Å². The summed E-state index contributed by atoms with van der Waals surface area (Å²) in [5, 5.41) is 0. The van der Waals surface area contributed by atoms with Crippen LogP contribution < -0.4 is 0 Å². The zero-order valence-electron chi connectivity index (χ0n) is 32.6. The fourth-order valence-corrected chi connectivity index (χ4v) is 5.57. The van der Waals surface area contributed by atoms with Crippen molar-refractivity contribution in [1.82, 2.24) is 0 Å². The molecule has 0 fully saturated rings. The lowest BCUT2D eigenvalue weighted by atomic mass is 9.83. The Kier molecular flexibility index (Phi) is 17.5. The van der Waals surface area contributed by atoms with E-state index in [2.05, 4.69) is 0 Å². The van der Waals surface area contributed by atoms with E-state index in [4.69, 9.17) is 0 Å². The fourth-order valence-electron chi connectivity index (χ4n) is 4.63. The van der Waals surface area contributed by atoms with Crippen LogP contribution in [0.3, 0.4) is 0 Å². The van der Waals surface area contributed by atoms with Gasteiger partial charge in [-0.25, -0.2) is 0 Å². The van der Waals surface area contributed by atoms with Crippen LogP contribution in [-0.2, 0) is 0 Å². The monoisotopic (exact) mass is 1390 g/mol. The van der Waals surface area contributed by atoms with Crippen molar-refractivity contribution >= 4 is 22.6 Å². The van der Waals surface area contributed by atoms with E-state index in [-0.39, 0.29) is 0 Å². The van der Waals surface area contributed by atoms with E-state index in [1.165, 1.54) is 0 Å². The van der Waals surface area contributed by atoms with Crippen LogP contribution in [0.2, 0.25) is 0 Å². The van der Waals surface area contributed by atoms with Gasteiger partial charge >= 0.3 is 143 Å². The largest absolute Gasteiger partial charge is 0.460 e. The van der Waals surface area contributed by atoms with Gasteiger partial charge in [-0.2, -0.15) is 220 Å². The molecule has 0 aliphatic carbocycles. The molecule has 0 aromatic heterocycles. The van der Waals surface area contributed by atoms with E-state index < -0.39 is 176 Å². The maximum Gasteiger partial charge on any atom is 0.460 e. The molecule has 0 N–H and O–H groups in total. The van der Waals surface area contributed by atoms with Crippen molar-refractivity contribution in [3.05, 3.63) is 0 Å². The molecule has 0 saturated carbocycles. The summed E-state index contributed by atoms with van der Waals surface area (Å²) in [6.45, 7) is 0. The van der Waals surface area contributed by atoms with Gasteiger partial charge in [-0.3, -0.25) is 0 Å². The normalized spacial score (nSPS) is 17.8. The second kappa shape index (κ2) is 18.1. The third-order valence-electron chi connectivity index (χ3n) is 9.52. The number of hydrogen-bond acceptors (Lipinski definition) is 0. The average molecular weight is 1390 g/mol. The van der Waals surface area contributed by atoms with Crippen molar-refractivity contribution in [1.29, 1.82) is 0 Å². The number of rotatable bonds is 23. The standard InChI is InChI=1S/C26H3F50I/c27-3(28,5(31,32)7(35,36)9(39,40)11(43,44)13(47,48)15(51,52)17(55,56)19(59,60)21(63,64)23(67,68)25(71,72)73)1-2(77)4(29,30)6(33,34)8(37,38)10(41,42)12(45,46)14(49,50)16(53,54)18(57,58)20(61,62)22(65,66)24(69,70)26(74,75)76/h2H,1H2. The molecular formula is C26H3F50I. The van der Waals surface area contributed by atoms with Crippen LogP contribution in [0.1, 0.15) is 6.42 Å². The van der Waals surface area contributed by atoms with Gasteiger partial charge < -0.3 is 0 Å². The molecule has 0 aromatic carbocycles. The maximum atomic E-state index is 14.5. The molecule has 0 rings (SSSR count). The van der Waals surface area contributed by atoms with Crippen LogP contribution >= 0.6 is 22.6 Å². The first-order valence-electron chi connectivity index (χ1n) is 16.2. The van der Waals surface area contributed by atoms with Crippen molar-refractivity contribution in [3.63, 3.8) is 0 Å². The maximum absolute atomic E-state index is 14.5. The lowest BCUT2D eigenvalue weighted by Crippen LogP contribution is -2.78. The van der Waals surface area contributed by atoms with E-state index in [1.807, 2.05) is 0 Å². The molecule has 0 bridgehead atoms. The van der Waals surface area contributed by atoms with E-state index in [0.29, 0.717) is 0 Å². The van der Waals surface area contributed by atoms with Crippen molar-refractivity contribution < 1.29 is 220 Å². The summed E-state index contributed by atoms with van der Waals surface area (Å²) in [5.41, 5.74) is 0. The zero-order valence-corrected chi connectivity index (χ0v) is 34.7. The molecule has 0 aromatic rings. The molecule has 0 nitrogen and oxygen atoms in total. The van der Waals surface area contributed by atoms with Gasteiger partial charge in [0.25, 0.3) is 0 Å². The molecule has 0 aliphatic heterocycles. The Hall–Kier alpha value is -2.77. The van der Waals surface area contributed by atoms with Crippen molar-refractivity contribution in [2.45, 2.75) is 153 Å². The van der Waals surface area contributed by atoms with Crippen LogP contribution in [0.5, 0.6) is 0 Å². The van der Waals surface area contributed by atoms with Gasteiger partial charge in [-0.15, -0.1) is 0 Å². The first kappa shape index (κ1) is 74.2. The third-order valence-corrected chi connectivity index (χ3v) is 10.7. The Morgan fingerprint density at radius 1 is 0.169 bits per heavy atom. The summed E-state index contributed by atoms with van der Waals surface area (Å²) in [5.74, 6) is -217. The Bertz CT molecular complexity index is 2110. The van der Waals surface area contributed by atoms with E-state index >= 15 is 0 Å². The smallest absolute Gasteiger partial charge is 0.200 e. The molecular weight excluding hydrogens is 1390 g/mol. The number of hydrogen-bond donors (Lipinski definition) is 0. The predicted octanol–water partition coefficient (Wildman–Crippen LogP) is 17.3. The summed E-state index contributed by atoms with van der Waals surface area (Å²) < 4.78 is 676. The van der Waals surface area contributed by atoms with Gasteiger partial charge in [0.2, 0.25) is 0 Å². The minimum Gasteiger partial charge on any atom is -0.200 e. The minimum absolute atomic E-state index is 1.66. The van der Waals surface area contributed by atoms with E-state index in [1.54, 1.807) is 0 Å². The highest BCUT2D eigenvalue weighted by molar-refractivity contribution is 14.1. The zero-order chi connectivity index (χ0) is 64.3. The Morgan fingerprint density at radius 2 is 0.286 bits per heavy atom. The molecule has 0 aliphatic rings. The van der Waals surface area contributed by atoms with Crippen LogP contribution in [0.4, 0.5) is 220 Å². The Labute approximate surface area is 395 Å². The van der Waals surface area contributed by atoms with Crippen LogP contribution in [0.25, 0.3) is 0 Å². The van der Waals surface area contributed by atoms with Gasteiger partial charge in [0, 0.05) is 6.42 Å². The van der Waals surface area contributed by atoms with Crippen molar-refractivity contribution in [2.24, 2.45) is 0 Å². The number of halogens is 51. The lowest BCUT2D eigenvalue weighted by Gasteiger charge is -2.46. The Balaban J connectivity index is 7.80. The summed E-state index contributed by atoms with van der Waals surface area (Å²) in [7, 11) is 0. The highest BCUT2D eigenvalue weighted by atomic mass is 127. The highest BCUT2D eigenvalue weighted by Gasteiger charge is 3.02. The fraction of sp³-hybridized carbons (Fsp3) is 1.00. The molecule has 464 valence electrons. The molecule has 77 heavy (non-hydrogen) atoms. The lowest BCUT2D eigenvalue weighted by molar-refractivity contribution is -0.483. The molecule has 51 heteroatoms. The summed E-state index contributed by atoms with van der Waals surface area (Å²) >= 11 is -1.66. The highest BCUT2D eigenvalue weighted by Crippen LogP contribution is 2.71. The molecule has 0 radical (unpaired) electrons. The average Bonchev–Trinajstić information content (AvgIpc) is 3.17. The summed E-state index contributed by atoms with van der Waals surface area (Å²) in [6, 6.07) is 0. The Morgan fingerprint density at radius 3 is 0.429 bits per heavy atom. The quantitative estimate of drug-likeness (QED) is 0.0543. The molecule has 1 unspecified atom stereocenters. The molecule has 1 atom stereocenters. The minimum atomic E-state index is -10.3. The van der Waals surface area contributed by atoms with Crippen molar-refractivity contribution in [3.8, 4) is 0 Å². The number of alkyl halides is 51. The van der Waals surface area contributed by atoms with E-state index in [9.17, 15) is 220 Å². The topological polar surface area (TPSA) is 0 Å². The first-order valence-corrected chi connectivity index (χ1v) is 17.5. The van der Waals surface area contributed by atoms with Crippen LogP contribution in [0, 0.1) is 0 Å². The van der Waals surface area contributed by atoms with Gasteiger partial charge in [0.15, 0.2) is 0 Å². The van der Waals surface area contributed by atoms with Crippen LogP contribution in [-0.4, -0.2) is 147 Å². The summed E-state index contributed by atoms with van der Waals surface area (Å²) in [4.78, 5) is 0. The van der Waals surface area contributed by atoms with Gasteiger partial charge in [-0.05, 0) is 0 Å². The molecule has 0 heterocycles. The van der Waals surface area contributed by atoms with Crippen LogP contribution in [0.15, 0.2) is 0 Å². The van der Waals surface area contributed by atoms with Gasteiger partial charge in [0.05, 0.1) is 3.92 Å². The molecule has 0 amide bonds. The molecule has 0 spiro atoms. The second-order valence-corrected chi connectivity index (χ2v) is 16.0. The SMILES string of the molecule is FC(F)(F)C(F)(F)C(F)(F)C(F)(F)C(F)(F)C(F)(F)C(F)(F)C(F)(F)C(F)(F)C(F)(F)C(F)(F)C(F)(F)CC(I)C(F)(F)C(F)(F)C(F)(F)C(F)(F)C(F)(F)C(F)(F)C(F)(F)C(F)(F)C(F)(F)C(F)(F)C(F)(F)C(F)(F)F. The first-order chi connectivity index (χ1) is 32.1. The summed E-state index contributed by atoms with van der Waals surface area (Å²) in [6.07, 6.45) is -22.5. The third kappa shape index (κ3) is 8.74. The second-order valence-electron chi connectivity index (χ2n) is 14.5.